The molecule has 0 saturated carbocycles. The van der Waals surface area contributed by atoms with Crippen molar-refractivity contribution in [2.24, 2.45) is 0 Å². The molecule has 0 aromatic carbocycles. The molecule has 1 aromatic rings. The van der Waals surface area contributed by atoms with Crippen LogP contribution in [0.4, 0.5) is 0 Å². The lowest BCUT2D eigenvalue weighted by Crippen LogP contribution is -2.41. The van der Waals surface area contributed by atoms with Gasteiger partial charge in [-0.1, -0.05) is 6.07 Å². The molecule has 2 heterocycles. The van der Waals surface area contributed by atoms with Crippen molar-refractivity contribution in [3.63, 3.8) is 0 Å². The topological polar surface area (TPSA) is 44.8 Å². The molecule has 1 aromatic heterocycles. The van der Waals surface area contributed by atoms with Crippen LogP contribution >= 0.6 is 11.3 Å². The molecule has 2 rings (SSSR count). The Morgan fingerprint density at radius 1 is 1.26 bits per heavy atom. The van der Waals surface area contributed by atoms with Crippen LogP contribution in [0.3, 0.4) is 0 Å². The van der Waals surface area contributed by atoms with E-state index in [1.54, 1.807) is 0 Å². The molecule has 0 bridgehead atoms. The van der Waals surface area contributed by atoms with Gasteiger partial charge in [-0.25, -0.2) is 0 Å². The van der Waals surface area contributed by atoms with Gasteiger partial charge in [0.1, 0.15) is 0 Å². The second-order valence-corrected chi connectivity index (χ2v) is 6.85. The van der Waals surface area contributed by atoms with Crippen molar-refractivity contribution >= 4 is 29.2 Å². The first kappa shape index (κ1) is 14.6. The molecule has 0 spiro atoms. The molecule has 0 radical (unpaired) electrons. The molecule has 0 atom stereocenters. The summed E-state index contributed by atoms with van der Waals surface area (Å²) in [5, 5.41) is 0. The molecule has 6 heteroatoms. The molecule has 0 unspecified atom stereocenters. The Kier molecular flexibility index (Phi) is 3.77. The summed E-state index contributed by atoms with van der Waals surface area (Å²) in [6, 6.07) is 3.87. The third-order valence-corrected chi connectivity index (χ3v) is 4.82. The number of rotatable bonds is 3. The number of carbonyl (C=O) groups excluding carboxylic acids is 1. The van der Waals surface area contributed by atoms with E-state index in [1.807, 2.05) is 39.8 Å². The van der Waals surface area contributed by atoms with Crippen LogP contribution in [-0.4, -0.2) is 31.4 Å². The normalized spacial score (nSPS) is 20.6. The SMILES string of the molecule is COC(=O)Cc1ccc(B2OC(C)(C)C(C)(C)O2)s1. The van der Waals surface area contributed by atoms with E-state index in [-0.39, 0.29) is 24.3 Å². The minimum absolute atomic E-state index is 0.234. The fourth-order valence-corrected chi connectivity index (χ4v) is 2.75. The molecule has 0 aliphatic carbocycles. The van der Waals surface area contributed by atoms with Crippen LogP contribution < -0.4 is 4.78 Å². The summed E-state index contributed by atoms with van der Waals surface area (Å²) in [5.74, 6) is -0.234. The van der Waals surface area contributed by atoms with Gasteiger partial charge in [-0.15, -0.1) is 11.3 Å². The number of carbonyl (C=O) groups is 1. The van der Waals surface area contributed by atoms with E-state index < -0.39 is 0 Å². The molecule has 4 nitrogen and oxygen atoms in total. The summed E-state index contributed by atoms with van der Waals surface area (Å²) >= 11 is 1.52. The van der Waals surface area contributed by atoms with Crippen molar-refractivity contribution in [2.45, 2.75) is 45.3 Å². The largest absolute Gasteiger partial charge is 0.505 e. The zero-order chi connectivity index (χ0) is 14.3. The van der Waals surface area contributed by atoms with Gasteiger partial charge in [-0.3, -0.25) is 4.79 Å². The second kappa shape index (κ2) is 4.92. The summed E-state index contributed by atoms with van der Waals surface area (Å²) in [4.78, 5) is 12.2. The van der Waals surface area contributed by atoms with E-state index in [2.05, 4.69) is 4.74 Å². The highest BCUT2D eigenvalue weighted by Crippen LogP contribution is 2.36. The molecule has 1 aliphatic rings. The summed E-state index contributed by atoms with van der Waals surface area (Å²) in [6.07, 6.45) is 0.292. The van der Waals surface area contributed by atoms with Crippen molar-refractivity contribution in [3.8, 4) is 0 Å². The minimum atomic E-state index is -0.360. The average molecular weight is 282 g/mol. The van der Waals surface area contributed by atoms with Crippen LogP contribution in [0.1, 0.15) is 32.6 Å². The lowest BCUT2D eigenvalue weighted by Gasteiger charge is -2.32. The highest BCUT2D eigenvalue weighted by molar-refractivity contribution is 7.22. The maximum Gasteiger partial charge on any atom is 0.505 e. The van der Waals surface area contributed by atoms with E-state index in [4.69, 9.17) is 9.31 Å². The van der Waals surface area contributed by atoms with Gasteiger partial charge in [0.15, 0.2) is 0 Å². The molecule has 1 saturated heterocycles. The summed E-state index contributed by atoms with van der Waals surface area (Å²) < 4.78 is 17.6. The van der Waals surface area contributed by atoms with Crippen molar-refractivity contribution in [2.75, 3.05) is 7.11 Å². The zero-order valence-electron chi connectivity index (χ0n) is 12.0. The molecule has 104 valence electrons. The quantitative estimate of drug-likeness (QED) is 0.626. The zero-order valence-corrected chi connectivity index (χ0v) is 12.8. The number of thiophene rings is 1. The van der Waals surface area contributed by atoms with E-state index >= 15 is 0 Å². The van der Waals surface area contributed by atoms with Gasteiger partial charge in [0.05, 0.1) is 24.7 Å². The maximum absolute atomic E-state index is 11.2. The minimum Gasteiger partial charge on any atom is -0.469 e. The number of esters is 1. The summed E-state index contributed by atoms with van der Waals surface area (Å²) in [7, 11) is 1.03. The van der Waals surface area contributed by atoms with Crippen molar-refractivity contribution in [1.29, 1.82) is 0 Å². The van der Waals surface area contributed by atoms with Crippen LogP contribution in [0.2, 0.25) is 0 Å². The third-order valence-electron chi connectivity index (χ3n) is 3.71. The van der Waals surface area contributed by atoms with Gasteiger partial charge in [-0.2, -0.15) is 0 Å². The highest BCUT2D eigenvalue weighted by Gasteiger charge is 2.52. The second-order valence-electron chi connectivity index (χ2n) is 5.65. The molecule has 0 amide bonds. The Hall–Kier alpha value is -0.845. The van der Waals surface area contributed by atoms with Crippen molar-refractivity contribution in [1.82, 2.24) is 0 Å². The van der Waals surface area contributed by atoms with Crippen molar-refractivity contribution < 1.29 is 18.8 Å². The average Bonchev–Trinajstić information content (AvgIpc) is 2.82. The Morgan fingerprint density at radius 2 is 1.84 bits per heavy atom. The number of hydrogen-bond donors (Lipinski definition) is 0. The van der Waals surface area contributed by atoms with Crippen LogP contribution in [-0.2, 0) is 25.3 Å². The van der Waals surface area contributed by atoms with Gasteiger partial charge in [-0.05, 0) is 33.8 Å². The number of hydrogen-bond acceptors (Lipinski definition) is 5. The molecule has 1 aliphatic heterocycles. The van der Waals surface area contributed by atoms with Crippen LogP contribution in [0.15, 0.2) is 12.1 Å². The first-order valence-corrected chi connectivity index (χ1v) is 7.08. The predicted octanol–water partition coefficient (Wildman–Crippen LogP) is 1.76. The molecule has 1 fully saturated rings. The standard InChI is InChI=1S/C13H19BO4S/c1-12(2)13(3,4)18-14(17-12)10-7-6-9(19-10)8-11(15)16-5/h6-7H,8H2,1-5H3. The third kappa shape index (κ3) is 2.85. The van der Waals surface area contributed by atoms with E-state index in [9.17, 15) is 4.79 Å². The maximum atomic E-state index is 11.2. The van der Waals surface area contributed by atoms with Gasteiger partial charge in [0, 0.05) is 9.65 Å². The van der Waals surface area contributed by atoms with Gasteiger partial charge in [0.25, 0.3) is 0 Å². The summed E-state index contributed by atoms with van der Waals surface area (Å²) in [6.45, 7) is 8.10. The van der Waals surface area contributed by atoms with E-state index in [1.165, 1.54) is 18.4 Å². The smallest absolute Gasteiger partial charge is 0.469 e. The van der Waals surface area contributed by atoms with Crippen LogP contribution in [0.25, 0.3) is 0 Å². The Balaban J connectivity index is 2.11. The monoisotopic (exact) mass is 282 g/mol. The molecule has 0 N–H and O–H groups in total. The molecular weight excluding hydrogens is 263 g/mol. The fraction of sp³-hybridized carbons (Fsp3) is 0.615. The van der Waals surface area contributed by atoms with Crippen molar-refractivity contribution in [3.05, 3.63) is 17.0 Å². The summed E-state index contributed by atoms with van der Waals surface area (Å²) in [5.41, 5.74) is -0.686. The van der Waals surface area contributed by atoms with E-state index in [0.29, 0.717) is 6.42 Å². The van der Waals surface area contributed by atoms with Gasteiger partial charge < -0.3 is 14.0 Å². The highest BCUT2D eigenvalue weighted by atomic mass is 32.1. The van der Waals surface area contributed by atoms with Gasteiger partial charge in [0.2, 0.25) is 0 Å². The van der Waals surface area contributed by atoms with Crippen LogP contribution in [0, 0.1) is 0 Å². The van der Waals surface area contributed by atoms with Crippen LogP contribution in [0.5, 0.6) is 0 Å². The first-order chi connectivity index (χ1) is 8.75. The fourth-order valence-electron chi connectivity index (χ4n) is 1.79. The Labute approximate surface area is 118 Å². The molecular formula is C13H19BO4S. The lowest BCUT2D eigenvalue weighted by molar-refractivity contribution is -0.139. The van der Waals surface area contributed by atoms with E-state index in [0.717, 1.165) is 9.65 Å². The first-order valence-electron chi connectivity index (χ1n) is 6.26. The Bertz CT molecular complexity index is 465. The molecule has 19 heavy (non-hydrogen) atoms. The predicted molar refractivity (Wildman–Crippen MR) is 75.8 cm³/mol. The number of ether oxygens (including phenoxy) is 1. The lowest BCUT2D eigenvalue weighted by atomic mass is 9.88. The number of methoxy groups -OCH3 is 1. The van der Waals surface area contributed by atoms with Gasteiger partial charge >= 0.3 is 13.1 Å². The Morgan fingerprint density at radius 3 is 2.37 bits per heavy atom.